The number of carbonyl (C=O) groups excluding carboxylic acids is 1. The van der Waals surface area contributed by atoms with Gasteiger partial charge in [-0.05, 0) is 18.2 Å². The van der Waals surface area contributed by atoms with Crippen molar-refractivity contribution in [3.8, 4) is 5.75 Å². The maximum atomic E-state index is 12.8. The van der Waals surface area contributed by atoms with Crippen LogP contribution in [0.1, 0.15) is 42.5 Å². The van der Waals surface area contributed by atoms with E-state index in [1.165, 1.54) is 6.20 Å². The van der Waals surface area contributed by atoms with Gasteiger partial charge in [0.25, 0.3) is 11.5 Å². The van der Waals surface area contributed by atoms with Gasteiger partial charge in [-0.3, -0.25) is 9.59 Å². The van der Waals surface area contributed by atoms with E-state index in [2.05, 4.69) is 9.97 Å². The third-order valence-electron chi connectivity index (χ3n) is 4.03. The predicted octanol–water partition coefficient (Wildman–Crippen LogP) is 2.76. The maximum absolute atomic E-state index is 12.8. The summed E-state index contributed by atoms with van der Waals surface area (Å²) in [6, 6.07) is 5.31. The van der Waals surface area contributed by atoms with Crippen LogP contribution in [-0.4, -0.2) is 33.9 Å². The summed E-state index contributed by atoms with van der Waals surface area (Å²) in [7, 11) is 0. The van der Waals surface area contributed by atoms with Crippen molar-refractivity contribution in [3.63, 3.8) is 0 Å². The van der Waals surface area contributed by atoms with Crippen LogP contribution in [-0.2, 0) is 12.0 Å². The molecule has 0 aliphatic carbocycles. The second-order valence-corrected chi connectivity index (χ2v) is 7.49. The largest absolute Gasteiger partial charge is 0.491 e. The number of fused-ring (bicyclic) bond motifs is 1. The van der Waals surface area contributed by atoms with Crippen LogP contribution in [0.3, 0.4) is 0 Å². The van der Waals surface area contributed by atoms with Crippen LogP contribution in [0.15, 0.2) is 29.2 Å². The molecule has 0 atom stereocenters. The van der Waals surface area contributed by atoms with Gasteiger partial charge in [-0.25, -0.2) is 4.98 Å². The van der Waals surface area contributed by atoms with Crippen molar-refractivity contribution in [1.82, 2.24) is 14.9 Å². The fourth-order valence-corrected chi connectivity index (χ4v) is 2.83. The van der Waals surface area contributed by atoms with Crippen molar-refractivity contribution in [2.75, 3.05) is 13.2 Å². The molecule has 1 aromatic heterocycles. The van der Waals surface area contributed by atoms with Gasteiger partial charge in [0.2, 0.25) is 0 Å². The summed E-state index contributed by atoms with van der Waals surface area (Å²) in [6.45, 7) is 6.89. The lowest BCUT2D eigenvalue weighted by Gasteiger charge is -2.20. The molecule has 0 saturated heterocycles. The van der Waals surface area contributed by atoms with E-state index in [0.717, 1.165) is 5.56 Å². The molecule has 1 N–H and O–H groups in total. The first-order chi connectivity index (χ1) is 11.8. The Morgan fingerprint density at radius 2 is 2.12 bits per heavy atom. The van der Waals surface area contributed by atoms with Gasteiger partial charge in [0, 0.05) is 28.7 Å². The van der Waals surface area contributed by atoms with Gasteiger partial charge in [-0.15, -0.1) is 0 Å². The third-order valence-corrected chi connectivity index (χ3v) is 4.26. The molecule has 0 saturated carbocycles. The SMILES string of the molecule is CC(C)(C)c1ncc(C(=O)N2CCOc3ccc(Cl)cc3C2)c(=O)[nH]1. The first kappa shape index (κ1) is 17.5. The van der Waals surface area contributed by atoms with Crippen molar-refractivity contribution in [1.29, 1.82) is 0 Å². The Kier molecular flexibility index (Phi) is 4.56. The van der Waals surface area contributed by atoms with Crippen LogP contribution in [0.25, 0.3) is 0 Å². The summed E-state index contributed by atoms with van der Waals surface area (Å²) in [5.74, 6) is 0.880. The summed E-state index contributed by atoms with van der Waals surface area (Å²) >= 11 is 6.04. The van der Waals surface area contributed by atoms with E-state index in [-0.39, 0.29) is 16.9 Å². The number of ether oxygens (including phenoxy) is 1. The minimum absolute atomic E-state index is 0.0264. The number of nitrogens with zero attached hydrogens (tertiary/aromatic N) is 2. The zero-order valence-corrected chi connectivity index (χ0v) is 15.2. The lowest BCUT2D eigenvalue weighted by Crippen LogP contribution is -2.37. The average Bonchev–Trinajstić information content (AvgIpc) is 2.75. The molecule has 1 aromatic carbocycles. The molecular weight excluding hydrogens is 342 g/mol. The van der Waals surface area contributed by atoms with Crippen molar-refractivity contribution in [3.05, 3.63) is 56.7 Å². The van der Waals surface area contributed by atoms with Crippen molar-refractivity contribution in [2.45, 2.75) is 32.7 Å². The number of carbonyl (C=O) groups is 1. The van der Waals surface area contributed by atoms with Crippen LogP contribution in [0.5, 0.6) is 5.75 Å². The van der Waals surface area contributed by atoms with Crippen LogP contribution < -0.4 is 10.3 Å². The Labute approximate surface area is 150 Å². The highest BCUT2D eigenvalue weighted by atomic mass is 35.5. The number of aromatic amines is 1. The molecule has 132 valence electrons. The summed E-state index contributed by atoms with van der Waals surface area (Å²) in [6.07, 6.45) is 1.35. The van der Waals surface area contributed by atoms with E-state index >= 15 is 0 Å². The Hall–Kier alpha value is -2.34. The van der Waals surface area contributed by atoms with Crippen LogP contribution in [0.2, 0.25) is 5.02 Å². The molecule has 0 spiro atoms. The van der Waals surface area contributed by atoms with E-state index in [1.54, 1.807) is 23.1 Å². The highest BCUT2D eigenvalue weighted by Crippen LogP contribution is 2.26. The van der Waals surface area contributed by atoms with Crippen LogP contribution in [0, 0.1) is 0 Å². The van der Waals surface area contributed by atoms with E-state index in [1.807, 2.05) is 20.8 Å². The van der Waals surface area contributed by atoms with E-state index in [0.29, 0.717) is 36.3 Å². The van der Waals surface area contributed by atoms with Gasteiger partial charge in [-0.2, -0.15) is 0 Å². The maximum Gasteiger partial charge on any atom is 0.263 e. The van der Waals surface area contributed by atoms with Crippen LogP contribution >= 0.6 is 11.6 Å². The molecule has 1 aliphatic rings. The number of halogens is 1. The van der Waals surface area contributed by atoms with E-state index < -0.39 is 5.56 Å². The molecule has 1 amide bonds. The summed E-state index contributed by atoms with van der Waals surface area (Å²) in [5.41, 5.74) is 0.112. The van der Waals surface area contributed by atoms with Crippen molar-refractivity contribution < 1.29 is 9.53 Å². The zero-order valence-electron chi connectivity index (χ0n) is 14.4. The topological polar surface area (TPSA) is 75.3 Å². The summed E-state index contributed by atoms with van der Waals surface area (Å²) in [4.78, 5) is 33.7. The third kappa shape index (κ3) is 3.69. The van der Waals surface area contributed by atoms with Gasteiger partial charge in [0.05, 0.1) is 6.54 Å². The number of nitrogens with one attached hydrogen (secondary N) is 1. The number of hydrogen-bond acceptors (Lipinski definition) is 4. The Bertz CT molecular complexity index is 871. The van der Waals surface area contributed by atoms with Gasteiger partial charge in [0.15, 0.2) is 0 Å². The Morgan fingerprint density at radius 1 is 1.36 bits per heavy atom. The summed E-state index contributed by atoms with van der Waals surface area (Å²) in [5, 5.41) is 0.575. The number of amides is 1. The molecule has 2 aromatic rings. The minimum atomic E-state index is -0.429. The lowest BCUT2D eigenvalue weighted by molar-refractivity contribution is 0.0730. The minimum Gasteiger partial charge on any atom is -0.491 e. The number of aromatic nitrogens is 2. The molecule has 7 heteroatoms. The van der Waals surface area contributed by atoms with E-state index in [4.69, 9.17) is 16.3 Å². The highest BCUT2D eigenvalue weighted by molar-refractivity contribution is 6.30. The van der Waals surface area contributed by atoms with Gasteiger partial charge in [-0.1, -0.05) is 32.4 Å². The predicted molar refractivity (Wildman–Crippen MR) is 95.2 cm³/mol. The first-order valence-corrected chi connectivity index (χ1v) is 8.44. The molecule has 0 radical (unpaired) electrons. The fraction of sp³-hybridized carbons (Fsp3) is 0.389. The molecular formula is C18H20ClN3O3. The molecule has 3 rings (SSSR count). The van der Waals surface area contributed by atoms with Crippen LogP contribution in [0.4, 0.5) is 0 Å². The quantitative estimate of drug-likeness (QED) is 0.847. The number of benzene rings is 1. The second-order valence-electron chi connectivity index (χ2n) is 7.05. The Morgan fingerprint density at radius 3 is 2.80 bits per heavy atom. The average molecular weight is 362 g/mol. The molecule has 0 unspecified atom stereocenters. The molecule has 0 bridgehead atoms. The molecule has 25 heavy (non-hydrogen) atoms. The number of hydrogen-bond donors (Lipinski definition) is 1. The highest BCUT2D eigenvalue weighted by Gasteiger charge is 2.25. The zero-order chi connectivity index (χ0) is 18.2. The smallest absolute Gasteiger partial charge is 0.263 e. The van der Waals surface area contributed by atoms with Gasteiger partial charge >= 0.3 is 0 Å². The molecule has 0 fully saturated rings. The standard InChI is InChI=1S/C18H20ClN3O3/c1-18(2,3)17-20-9-13(15(23)21-17)16(24)22-6-7-25-14-5-4-12(19)8-11(14)10-22/h4-5,8-9H,6-7,10H2,1-3H3,(H,20,21,23). The number of H-pyrrole nitrogens is 1. The number of rotatable bonds is 1. The second kappa shape index (κ2) is 6.52. The van der Waals surface area contributed by atoms with Crippen molar-refractivity contribution >= 4 is 17.5 Å². The van der Waals surface area contributed by atoms with Gasteiger partial charge in [0.1, 0.15) is 23.7 Å². The molecule has 6 nitrogen and oxygen atoms in total. The normalized spacial score (nSPS) is 14.5. The summed E-state index contributed by atoms with van der Waals surface area (Å²) < 4.78 is 5.66. The van der Waals surface area contributed by atoms with Gasteiger partial charge < -0.3 is 14.6 Å². The van der Waals surface area contributed by atoms with Crippen molar-refractivity contribution in [2.24, 2.45) is 0 Å². The molecule has 1 aliphatic heterocycles. The lowest BCUT2D eigenvalue weighted by atomic mass is 9.96. The fourth-order valence-electron chi connectivity index (χ4n) is 2.63. The monoisotopic (exact) mass is 361 g/mol. The first-order valence-electron chi connectivity index (χ1n) is 8.06. The Balaban J connectivity index is 1.89. The molecule has 2 heterocycles. The van der Waals surface area contributed by atoms with E-state index in [9.17, 15) is 9.59 Å².